The van der Waals surface area contributed by atoms with Gasteiger partial charge in [0.05, 0.1) is 6.04 Å². The third kappa shape index (κ3) is 3.88. The van der Waals surface area contributed by atoms with Crippen LogP contribution < -0.4 is 10.2 Å². The number of anilines is 2. The van der Waals surface area contributed by atoms with Gasteiger partial charge in [0.1, 0.15) is 11.5 Å². The van der Waals surface area contributed by atoms with Crippen molar-refractivity contribution >= 4 is 49.1 Å². The van der Waals surface area contributed by atoms with E-state index in [1.54, 1.807) is 11.0 Å². The average Bonchev–Trinajstić information content (AvgIpc) is 3.01. The van der Waals surface area contributed by atoms with Crippen LogP contribution in [-0.4, -0.2) is 5.91 Å². The molecule has 1 aliphatic heterocycles. The first kappa shape index (κ1) is 18.9. The molecule has 1 N–H and O–H groups in total. The number of rotatable bonds is 4. The van der Waals surface area contributed by atoms with E-state index in [0.717, 1.165) is 20.3 Å². The Morgan fingerprint density at radius 1 is 0.893 bits per heavy atom. The van der Waals surface area contributed by atoms with Gasteiger partial charge in [0.2, 0.25) is 0 Å². The summed E-state index contributed by atoms with van der Waals surface area (Å²) in [6.45, 7) is 0. The number of nitrogens with one attached hydrogen (secondary N) is 1. The zero-order valence-electron chi connectivity index (χ0n) is 14.6. The van der Waals surface area contributed by atoms with Crippen molar-refractivity contribution in [2.75, 3.05) is 10.2 Å². The van der Waals surface area contributed by atoms with E-state index in [-0.39, 0.29) is 11.7 Å². The Hall–Kier alpha value is -2.44. The van der Waals surface area contributed by atoms with Crippen LogP contribution in [0.15, 0.2) is 93.5 Å². The van der Waals surface area contributed by atoms with Crippen molar-refractivity contribution in [2.24, 2.45) is 0 Å². The second-order valence-electron chi connectivity index (χ2n) is 6.36. The largest absolute Gasteiger partial charge is 0.351 e. The Kier molecular flexibility index (Phi) is 5.33. The molecule has 0 aliphatic carbocycles. The topological polar surface area (TPSA) is 32.3 Å². The van der Waals surface area contributed by atoms with Crippen LogP contribution in [0.4, 0.5) is 15.8 Å². The van der Waals surface area contributed by atoms with Crippen molar-refractivity contribution in [3.63, 3.8) is 0 Å². The molecule has 0 saturated carbocycles. The molecule has 3 aromatic rings. The summed E-state index contributed by atoms with van der Waals surface area (Å²) in [6, 6.07) is 21.0. The van der Waals surface area contributed by atoms with Crippen LogP contribution in [0.2, 0.25) is 0 Å². The fourth-order valence-electron chi connectivity index (χ4n) is 3.16. The van der Waals surface area contributed by atoms with E-state index in [0.29, 0.717) is 11.3 Å². The summed E-state index contributed by atoms with van der Waals surface area (Å²) in [5, 5.41) is 3.19. The van der Waals surface area contributed by atoms with Gasteiger partial charge >= 0.3 is 0 Å². The van der Waals surface area contributed by atoms with Gasteiger partial charge in [0.15, 0.2) is 0 Å². The molecule has 0 unspecified atom stereocenters. The maximum absolute atomic E-state index is 13.8. The highest BCUT2D eigenvalue weighted by Gasteiger charge is 2.34. The molecule has 28 heavy (non-hydrogen) atoms. The molecule has 0 aromatic heterocycles. The fraction of sp³-hybridized carbons (Fsp3) is 0.0455. The minimum atomic E-state index is -0.401. The molecule has 3 aromatic carbocycles. The van der Waals surface area contributed by atoms with Crippen LogP contribution in [0, 0.1) is 5.82 Å². The summed E-state index contributed by atoms with van der Waals surface area (Å²) < 4.78 is 15.7. The minimum absolute atomic E-state index is 0.167. The van der Waals surface area contributed by atoms with Gasteiger partial charge in [-0.25, -0.2) is 4.39 Å². The summed E-state index contributed by atoms with van der Waals surface area (Å²) in [7, 11) is 0. The van der Waals surface area contributed by atoms with E-state index in [4.69, 9.17) is 0 Å². The van der Waals surface area contributed by atoms with Crippen molar-refractivity contribution in [1.82, 2.24) is 0 Å². The number of benzene rings is 3. The second-order valence-corrected chi connectivity index (χ2v) is 8.20. The number of hydrogen-bond donors (Lipinski definition) is 1. The fourth-order valence-corrected chi connectivity index (χ4v) is 3.69. The number of carbonyl (C=O) groups excluding carboxylic acids is 1. The van der Waals surface area contributed by atoms with Gasteiger partial charge in [-0.15, -0.1) is 0 Å². The lowest BCUT2D eigenvalue weighted by atomic mass is 10.1. The first-order valence-corrected chi connectivity index (χ1v) is 10.2. The standard InChI is InChI=1S/C22H15Br2FN2O/c23-15-4-8-18(9-5-15)26-20-13-21(14-2-1-3-17(25)12-14)27(22(20)28)19-10-6-16(24)7-11-19/h1-13,21,26H/t21-/m1/s1. The molecule has 4 rings (SSSR count). The van der Waals surface area contributed by atoms with Crippen LogP contribution in [0.5, 0.6) is 0 Å². The van der Waals surface area contributed by atoms with E-state index < -0.39 is 6.04 Å². The molecular formula is C22H15Br2FN2O. The molecule has 1 heterocycles. The molecule has 1 aliphatic rings. The van der Waals surface area contributed by atoms with E-state index >= 15 is 0 Å². The van der Waals surface area contributed by atoms with Gasteiger partial charge in [0.25, 0.3) is 5.91 Å². The Bertz CT molecular complexity index is 1050. The highest BCUT2D eigenvalue weighted by atomic mass is 79.9. The van der Waals surface area contributed by atoms with Crippen molar-refractivity contribution in [1.29, 1.82) is 0 Å². The summed E-state index contributed by atoms with van der Waals surface area (Å²) in [5.41, 5.74) is 2.72. The summed E-state index contributed by atoms with van der Waals surface area (Å²) in [6.07, 6.45) is 1.83. The van der Waals surface area contributed by atoms with Crippen LogP contribution in [0.25, 0.3) is 0 Å². The number of nitrogens with zero attached hydrogens (tertiary/aromatic N) is 1. The second kappa shape index (κ2) is 7.89. The number of amides is 1. The Labute approximate surface area is 179 Å². The lowest BCUT2D eigenvalue weighted by Gasteiger charge is -2.25. The molecule has 0 bridgehead atoms. The predicted octanol–water partition coefficient (Wildman–Crippen LogP) is 6.43. The maximum atomic E-state index is 13.8. The van der Waals surface area contributed by atoms with Crippen LogP contribution in [0.3, 0.4) is 0 Å². The maximum Gasteiger partial charge on any atom is 0.275 e. The molecule has 3 nitrogen and oxygen atoms in total. The van der Waals surface area contributed by atoms with E-state index in [9.17, 15) is 9.18 Å². The summed E-state index contributed by atoms with van der Waals surface area (Å²) in [5.74, 6) is -0.497. The quantitative estimate of drug-likeness (QED) is 0.446. The average molecular weight is 502 g/mol. The monoisotopic (exact) mass is 500 g/mol. The zero-order valence-corrected chi connectivity index (χ0v) is 17.7. The van der Waals surface area contributed by atoms with Gasteiger partial charge in [-0.3, -0.25) is 9.69 Å². The molecule has 1 amide bonds. The van der Waals surface area contributed by atoms with E-state index in [1.807, 2.05) is 60.7 Å². The number of carbonyl (C=O) groups is 1. The lowest BCUT2D eigenvalue weighted by molar-refractivity contribution is -0.114. The van der Waals surface area contributed by atoms with E-state index in [2.05, 4.69) is 37.2 Å². The van der Waals surface area contributed by atoms with Crippen LogP contribution >= 0.6 is 31.9 Å². The Morgan fingerprint density at radius 3 is 2.18 bits per heavy atom. The minimum Gasteiger partial charge on any atom is -0.351 e. The summed E-state index contributed by atoms with van der Waals surface area (Å²) in [4.78, 5) is 14.9. The van der Waals surface area contributed by atoms with Crippen LogP contribution in [0.1, 0.15) is 11.6 Å². The van der Waals surface area contributed by atoms with Crippen LogP contribution in [-0.2, 0) is 4.79 Å². The Morgan fingerprint density at radius 2 is 1.54 bits per heavy atom. The van der Waals surface area contributed by atoms with Crippen molar-refractivity contribution in [3.8, 4) is 0 Å². The van der Waals surface area contributed by atoms with Crippen molar-refractivity contribution in [2.45, 2.75) is 6.04 Å². The molecule has 0 fully saturated rings. The zero-order chi connectivity index (χ0) is 19.7. The molecule has 0 saturated heterocycles. The first-order chi connectivity index (χ1) is 13.5. The van der Waals surface area contributed by atoms with Gasteiger partial charge in [-0.05, 0) is 72.3 Å². The van der Waals surface area contributed by atoms with Crippen molar-refractivity contribution < 1.29 is 9.18 Å². The first-order valence-electron chi connectivity index (χ1n) is 8.60. The molecule has 0 radical (unpaired) electrons. The van der Waals surface area contributed by atoms with Gasteiger partial charge in [-0.2, -0.15) is 0 Å². The molecule has 0 spiro atoms. The Balaban J connectivity index is 1.73. The molecular weight excluding hydrogens is 487 g/mol. The number of hydrogen-bond acceptors (Lipinski definition) is 2. The van der Waals surface area contributed by atoms with E-state index in [1.165, 1.54) is 12.1 Å². The normalized spacial score (nSPS) is 16.2. The molecule has 1 atom stereocenters. The molecule has 140 valence electrons. The third-order valence-electron chi connectivity index (χ3n) is 4.47. The molecule has 6 heteroatoms. The van der Waals surface area contributed by atoms with Gasteiger partial charge < -0.3 is 5.32 Å². The highest BCUT2D eigenvalue weighted by Crippen LogP contribution is 2.36. The summed E-state index contributed by atoms with van der Waals surface area (Å²) >= 11 is 6.82. The number of halogens is 3. The van der Waals surface area contributed by atoms with Gasteiger partial charge in [-0.1, -0.05) is 44.0 Å². The highest BCUT2D eigenvalue weighted by molar-refractivity contribution is 9.10. The van der Waals surface area contributed by atoms with Gasteiger partial charge in [0, 0.05) is 20.3 Å². The third-order valence-corrected chi connectivity index (χ3v) is 5.53. The van der Waals surface area contributed by atoms with Crippen molar-refractivity contribution in [3.05, 3.63) is 105 Å². The SMILES string of the molecule is O=C1C(Nc2ccc(Br)cc2)=C[C@H](c2cccc(F)c2)N1c1ccc(Br)cc1. The smallest absolute Gasteiger partial charge is 0.275 e. The lowest BCUT2D eigenvalue weighted by Crippen LogP contribution is -2.30. The predicted molar refractivity (Wildman–Crippen MR) is 117 cm³/mol.